The Morgan fingerprint density at radius 1 is 1.22 bits per heavy atom. The molecule has 0 radical (unpaired) electrons. The molecule has 0 unspecified atom stereocenters. The van der Waals surface area contributed by atoms with E-state index in [0.717, 1.165) is 15.7 Å². The van der Waals surface area contributed by atoms with Crippen LogP contribution in [0.25, 0.3) is 11.3 Å². The van der Waals surface area contributed by atoms with Crippen molar-refractivity contribution in [3.8, 4) is 17.3 Å². The third-order valence-electron chi connectivity index (χ3n) is 2.75. The number of hydrogen-bond acceptors (Lipinski definition) is 2. The summed E-state index contributed by atoms with van der Waals surface area (Å²) in [7, 11) is 0. The molecule has 0 saturated heterocycles. The van der Waals surface area contributed by atoms with Gasteiger partial charge in [-0.05, 0) is 36.8 Å². The molecule has 4 heteroatoms. The molecule has 0 amide bonds. The van der Waals surface area contributed by atoms with Crippen molar-refractivity contribution in [3.63, 3.8) is 0 Å². The summed E-state index contributed by atoms with van der Waals surface area (Å²) in [4.78, 5) is 12.0. The van der Waals surface area contributed by atoms with E-state index in [9.17, 15) is 4.79 Å². The first-order chi connectivity index (χ1) is 8.67. The summed E-state index contributed by atoms with van der Waals surface area (Å²) >= 11 is 3.38. The fourth-order valence-corrected chi connectivity index (χ4v) is 2.11. The molecule has 18 heavy (non-hydrogen) atoms. The Labute approximate surface area is 113 Å². The molecule has 0 aliphatic rings. The van der Waals surface area contributed by atoms with Gasteiger partial charge in [-0.3, -0.25) is 4.79 Å². The van der Waals surface area contributed by atoms with Crippen LogP contribution in [0.4, 0.5) is 0 Å². The topological polar surface area (TPSA) is 45.8 Å². The molecule has 0 N–H and O–H groups in total. The minimum atomic E-state index is -0.236. The quantitative estimate of drug-likeness (QED) is 0.855. The van der Waals surface area contributed by atoms with Gasteiger partial charge in [0.2, 0.25) is 0 Å². The van der Waals surface area contributed by atoms with E-state index in [1.54, 1.807) is 10.6 Å². The number of halogens is 1. The van der Waals surface area contributed by atoms with Crippen molar-refractivity contribution in [1.29, 1.82) is 5.26 Å². The van der Waals surface area contributed by atoms with Crippen molar-refractivity contribution in [2.75, 3.05) is 0 Å². The average Bonchev–Trinajstić information content (AvgIpc) is 2.39. The highest BCUT2D eigenvalue weighted by molar-refractivity contribution is 9.10. The second-order valence-corrected chi connectivity index (χ2v) is 4.72. The Morgan fingerprint density at radius 3 is 2.44 bits per heavy atom. The van der Waals surface area contributed by atoms with Gasteiger partial charge in [0.1, 0.15) is 11.6 Å². The molecule has 0 atom stereocenters. The highest BCUT2D eigenvalue weighted by Crippen LogP contribution is 2.21. The summed E-state index contributed by atoms with van der Waals surface area (Å²) in [5.74, 6) is 0. The van der Waals surface area contributed by atoms with Gasteiger partial charge in [-0.1, -0.05) is 28.1 Å². The van der Waals surface area contributed by atoms with E-state index < -0.39 is 0 Å². The maximum Gasteiger partial charge on any atom is 0.268 e. The van der Waals surface area contributed by atoms with Crippen molar-refractivity contribution < 1.29 is 0 Å². The summed E-state index contributed by atoms with van der Waals surface area (Å²) in [6, 6.07) is 13.0. The predicted octanol–water partition coefficient (Wildman–Crippen LogP) is 3.17. The van der Waals surface area contributed by atoms with E-state index in [4.69, 9.17) is 5.26 Å². The van der Waals surface area contributed by atoms with Crippen LogP contribution in [0.5, 0.6) is 0 Å². The van der Waals surface area contributed by atoms with Crippen molar-refractivity contribution in [2.24, 2.45) is 0 Å². The van der Waals surface area contributed by atoms with Gasteiger partial charge < -0.3 is 4.57 Å². The molecule has 3 nitrogen and oxygen atoms in total. The van der Waals surface area contributed by atoms with Crippen molar-refractivity contribution >= 4 is 15.9 Å². The summed E-state index contributed by atoms with van der Waals surface area (Å²) in [5, 5.41) is 8.87. The summed E-state index contributed by atoms with van der Waals surface area (Å²) in [5.41, 5.74) is 1.73. The van der Waals surface area contributed by atoms with E-state index >= 15 is 0 Å². The predicted molar refractivity (Wildman–Crippen MR) is 74.2 cm³/mol. The maximum absolute atomic E-state index is 12.0. The summed E-state index contributed by atoms with van der Waals surface area (Å²) in [6.45, 7) is 2.44. The molecule has 1 aromatic heterocycles. The Kier molecular flexibility index (Phi) is 3.63. The van der Waals surface area contributed by atoms with Gasteiger partial charge in [-0.2, -0.15) is 5.26 Å². The first-order valence-electron chi connectivity index (χ1n) is 5.57. The van der Waals surface area contributed by atoms with Gasteiger partial charge in [0, 0.05) is 11.0 Å². The molecule has 0 spiro atoms. The van der Waals surface area contributed by atoms with E-state index in [-0.39, 0.29) is 11.1 Å². The second kappa shape index (κ2) is 5.19. The van der Waals surface area contributed by atoms with Crippen LogP contribution >= 0.6 is 15.9 Å². The zero-order valence-electron chi connectivity index (χ0n) is 9.85. The lowest BCUT2D eigenvalue weighted by atomic mass is 10.1. The average molecular weight is 303 g/mol. The number of nitrogens with zero attached hydrogens (tertiary/aromatic N) is 2. The molecule has 2 rings (SSSR count). The van der Waals surface area contributed by atoms with Crippen LogP contribution in [0.3, 0.4) is 0 Å². The van der Waals surface area contributed by atoms with Gasteiger partial charge in [0.15, 0.2) is 0 Å². The lowest BCUT2D eigenvalue weighted by Gasteiger charge is -2.11. The normalized spacial score (nSPS) is 10.1. The minimum Gasteiger partial charge on any atom is -0.307 e. The third kappa shape index (κ3) is 2.22. The molecule has 0 aliphatic carbocycles. The van der Waals surface area contributed by atoms with Crippen molar-refractivity contribution in [1.82, 2.24) is 4.57 Å². The van der Waals surface area contributed by atoms with Gasteiger partial charge >= 0.3 is 0 Å². The van der Waals surface area contributed by atoms with Crippen LogP contribution in [-0.4, -0.2) is 4.57 Å². The van der Waals surface area contributed by atoms with Crippen molar-refractivity contribution in [3.05, 3.63) is 56.8 Å². The molecule has 1 heterocycles. The number of rotatable bonds is 2. The van der Waals surface area contributed by atoms with Crippen LogP contribution in [0.2, 0.25) is 0 Å². The maximum atomic E-state index is 12.0. The Bertz CT molecular complexity index is 666. The lowest BCUT2D eigenvalue weighted by molar-refractivity contribution is 0.733. The van der Waals surface area contributed by atoms with E-state index in [2.05, 4.69) is 15.9 Å². The van der Waals surface area contributed by atoms with Crippen LogP contribution in [0.1, 0.15) is 12.5 Å². The SMILES string of the molecule is CCn1c(-c2ccc(Br)cc2)ccc(C#N)c1=O. The fourth-order valence-electron chi connectivity index (χ4n) is 1.85. The Balaban J connectivity index is 2.66. The monoisotopic (exact) mass is 302 g/mol. The first kappa shape index (κ1) is 12.6. The van der Waals surface area contributed by atoms with Gasteiger partial charge in [0.05, 0.1) is 5.69 Å². The lowest BCUT2D eigenvalue weighted by Crippen LogP contribution is -2.23. The number of nitriles is 1. The molecular formula is C14H11BrN2O. The zero-order chi connectivity index (χ0) is 13.1. The smallest absolute Gasteiger partial charge is 0.268 e. The van der Waals surface area contributed by atoms with Gasteiger partial charge in [-0.25, -0.2) is 0 Å². The number of hydrogen-bond donors (Lipinski definition) is 0. The second-order valence-electron chi connectivity index (χ2n) is 3.80. The molecule has 90 valence electrons. The Hall–Kier alpha value is -1.86. The third-order valence-corrected chi connectivity index (χ3v) is 3.28. The van der Waals surface area contributed by atoms with Crippen LogP contribution < -0.4 is 5.56 Å². The largest absolute Gasteiger partial charge is 0.307 e. The molecule has 0 saturated carbocycles. The van der Waals surface area contributed by atoms with E-state index in [1.165, 1.54) is 0 Å². The molecule has 2 aromatic rings. The standard InChI is InChI=1S/C14H11BrN2O/c1-2-17-13(8-5-11(9-16)14(17)18)10-3-6-12(15)7-4-10/h3-8H,2H2,1H3. The zero-order valence-corrected chi connectivity index (χ0v) is 11.4. The summed E-state index contributed by atoms with van der Waals surface area (Å²) in [6.07, 6.45) is 0. The van der Waals surface area contributed by atoms with Crippen LogP contribution in [0.15, 0.2) is 45.7 Å². The van der Waals surface area contributed by atoms with E-state index in [1.807, 2.05) is 43.3 Å². The molecule has 0 fully saturated rings. The number of benzene rings is 1. The molecule has 1 aromatic carbocycles. The van der Waals surface area contributed by atoms with Crippen LogP contribution in [0, 0.1) is 11.3 Å². The molecule has 0 bridgehead atoms. The van der Waals surface area contributed by atoms with Gasteiger partial charge in [-0.15, -0.1) is 0 Å². The Morgan fingerprint density at radius 2 is 1.89 bits per heavy atom. The van der Waals surface area contributed by atoms with E-state index in [0.29, 0.717) is 6.54 Å². The highest BCUT2D eigenvalue weighted by atomic mass is 79.9. The number of pyridine rings is 1. The van der Waals surface area contributed by atoms with Gasteiger partial charge in [0.25, 0.3) is 5.56 Å². The summed E-state index contributed by atoms with van der Waals surface area (Å²) < 4.78 is 2.60. The van der Waals surface area contributed by atoms with Crippen molar-refractivity contribution in [2.45, 2.75) is 13.5 Å². The molecular weight excluding hydrogens is 292 g/mol. The minimum absolute atomic E-state index is 0.178. The fraction of sp³-hybridized carbons (Fsp3) is 0.143. The number of aromatic nitrogens is 1. The molecule has 0 aliphatic heterocycles. The van der Waals surface area contributed by atoms with Crippen LogP contribution in [-0.2, 0) is 6.54 Å². The highest BCUT2D eigenvalue weighted by Gasteiger charge is 2.08. The first-order valence-corrected chi connectivity index (χ1v) is 6.36.